The average Bonchev–Trinajstić information content (AvgIpc) is 2.37. The first-order valence-corrected chi connectivity index (χ1v) is 8.42. The Labute approximate surface area is 121 Å². The Morgan fingerprint density at radius 2 is 2.00 bits per heavy atom. The second kappa shape index (κ2) is 5.76. The third-order valence-corrected chi connectivity index (χ3v) is 5.71. The smallest absolute Gasteiger partial charge is 0.235 e. The maximum absolute atomic E-state index is 13.3. The van der Waals surface area contributed by atoms with Crippen LogP contribution in [0, 0.1) is 12.7 Å². The van der Waals surface area contributed by atoms with Crippen LogP contribution in [-0.2, 0) is 10.0 Å². The summed E-state index contributed by atoms with van der Waals surface area (Å²) < 4.78 is 40.6. The van der Waals surface area contributed by atoms with E-state index in [4.69, 9.17) is 0 Å². The van der Waals surface area contributed by atoms with Gasteiger partial charge in [-0.15, -0.1) is 0 Å². The van der Waals surface area contributed by atoms with Crippen LogP contribution in [0.4, 0.5) is 10.1 Å². The molecule has 0 aliphatic carbocycles. The van der Waals surface area contributed by atoms with Gasteiger partial charge in [0.15, 0.2) is 0 Å². The van der Waals surface area contributed by atoms with Crippen molar-refractivity contribution in [3.05, 3.63) is 28.0 Å². The third-order valence-electron chi connectivity index (χ3n) is 3.24. The largest absolute Gasteiger partial charge is 0.317 e. The van der Waals surface area contributed by atoms with Crippen molar-refractivity contribution < 1.29 is 12.8 Å². The molecular weight excluding hydrogens is 335 g/mol. The molecule has 0 spiro atoms. The molecule has 1 aliphatic heterocycles. The minimum Gasteiger partial charge on any atom is -0.317 e. The Kier molecular flexibility index (Phi) is 4.47. The molecule has 1 fully saturated rings. The Morgan fingerprint density at radius 3 is 2.63 bits per heavy atom. The van der Waals surface area contributed by atoms with E-state index in [9.17, 15) is 12.8 Å². The standard InChI is InChI=1S/C12H16BrFN2O2S/c1-8-6-11(14)10(13)7-12(8)16-19(17,18)9-2-4-15-5-3-9/h6-7,9,15-16H,2-5H2,1H3. The van der Waals surface area contributed by atoms with E-state index in [1.54, 1.807) is 6.92 Å². The lowest BCUT2D eigenvalue weighted by Gasteiger charge is -2.23. The zero-order valence-corrected chi connectivity index (χ0v) is 12.9. The van der Waals surface area contributed by atoms with E-state index in [1.807, 2.05) is 0 Å². The lowest BCUT2D eigenvalue weighted by molar-refractivity contribution is 0.499. The van der Waals surface area contributed by atoms with Crippen LogP contribution < -0.4 is 10.0 Å². The Bertz CT molecular complexity index is 571. The number of nitrogens with one attached hydrogen (secondary N) is 2. The molecular formula is C12H16BrFN2O2S. The van der Waals surface area contributed by atoms with Crippen molar-refractivity contribution in [2.24, 2.45) is 0 Å². The molecule has 2 N–H and O–H groups in total. The number of hydrogen-bond acceptors (Lipinski definition) is 3. The molecule has 0 amide bonds. The Hall–Kier alpha value is -0.660. The normalized spacial score (nSPS) is 17.4. The Balaban J connectivity index is 2.22. The summed E-state index contributed by atoms with van der Waals surface area (Å²) in [7, 11) is -3.42. The fourth-order valence-corrected chi connectivity index (χ4v) is 3.99. The van der Waals surface area contributed by atoms with Crippen LogP contribution in [0.3, 0.4) is 0 Å². The van der Waals surface area contributed by atoms with E-state index in [1.165, 1.54) is 12.1 Å². The molecule has 0 aromatic heterocycles. The molecule has 106 valence electrons. The second-order valence-electron chi connectivity index (χ2n) is 4.68. The van der Waals surface area contributed by atoms with Gasteiger partial charge < -0.3 is 5.32 Å². The second-order valence-corrected chi connectivity index (χ2v) is 7.49. The van der Waals surface area contributed by atoms with Crippen LogP contribution in [0.5, 0.6) is 0 Å². The molecule has 0 unspecified atom stereocenters. The molecule has 0 saturated carbocycles. The molecule has 0 bridgehead atoms. The van der Waals surface area contributed by atoms with Crippen LogP contribution >= 0.6 is 15.9 Å². The van der Waals surface area contributed by atoms with Crippen molar-refractivity contribution in [1.82, 2.24) is 5.32 Å². The van der Waals surface area contributed by atoms with Gasteiger partial charge in [-0.2, -0.15) is 0 Å². The highest BCUT2D eigenvalue weighted by molar-refractivity contribution is 9.10. The molecule has 1 aliphatic rings. The number of rotatable bonds is 3. The minimum atomic E-state index is -3.42. The summed E-state index contributed by atoms with van der Waals surface area (Å²) in [5, 5.41) is 2.74. The summed E-state index contributed by atoms with van der Waals surface area (Å²) in [6.45, 7) is 3.09. The van der Waals surface area contributed by atoms with Gasteiger partial charge in [0.25, 0.3) is 0 Å². The van der Waals surface area contributed by atoms with Gasteiger partial charge in [0.2, 0.25) is 10.0 Å². The fraction of sp³-hybridized carbons (Fsp3) is 0.500. The monoisotopic (exact) mass is 350 g/mol. The third kappa shape index (κ3) is 3.46. The first-order chi connectivity index (χ1) is 8.90. The average molecular weight is 351 g/mol. The van der Waals surface area contributed by atoms with E-state index >= 15 is 0 Å². The van der Waals surface area contributed by atoms with E-state index in [0.29, 0.717) is 37.2 Å². The molecule has 7 heteroatoms. The summed E-state index contributed by atoms with van der Waals surface area (Å²) in [6, 6.07) is 2.77. The topological polar surface area (TPSA) is 58.2 Å². The van der Waals surface area contributed by atoms with Gasteiger partial charge in [-0.1, -0.05) is 0 Å². The van der Waals surface area contributed by atoms with E-state index < -0.39 is 21.1 Å². The highest BCUT2D eigenvalue weighted by Crippen LogP contribution is 2.26. The van der Waals surface area contributed by atoms with Gasteiger partial charge in [0.1, 0.15) is 5.82 Å². The summed E-state index contributed by atoms with van der Waals surface area (Å²) in [6.07, 6.45) is 1.19. The lowest BCUT2D eigenvalue weighted by Crippen LogP contribution is -2.38. The van der Waals surface area contributed by atoms with Crippen LogP contribution in [0.15, 0.2) is 16.6 Å². The van der Waals surface area contributed by atoms with Gasteiger partial charge in [-0.25, -0.2) is 12.8 Å². The minimum absolute atomic E-state index is 0.251. The lowest BCUT2D eigenvalue weighted by atomic mass is 10.2. The molecule has 1 saturated heterocycles. The molecule has 1 heterocycles. The van der Waals surface area contributed by atoms with Crippen molar-refractivity contribution in [2.75, 3.05) is 17.8 Å². The molecule has 19 heavy (non-hydrogen) atoms. The number of hydrogen-bond donors (Lipinski definition) is 2. The number of benzene rings is 1. The molecule has 0 atom stereocenters. The van der Waals surface area contributed by atoms with E-state index in [-0.39, 0.29) is 4.47 Å². The zero-order valence-electron chi connectivity index (χ0n) is 10.5. The van der Waals surface area contributed by atoms with Crippen LogP contribution in [0.1, 0.15) is 18.4 Å². The highest BCUT2D eigenvalue weighted by atomic mass is 79.9. The summed E-state index contributed by atoms with van der Waals surface area (Å²) in [5.74, 6) is -0.401. The summed E-state index contributed by atoms with van der Waals surface area (Å²) in [4.78, 5) is 0. The van der Waals surface area contributed by atoms with Crippen molar-refractivity contribution in [2.45, 2.75) is 25.0 Å². The van der Waals surface area contributed by atoms with Crippen molar-refractivity contribution in [3.8, 4) is 0 Å². The molecule has 2 rings (SSSR count). The highest BCUT2D eigenvalue weighted by Gasteiger charge is 2.27. The van der Waals surface area contributed by atoms with E-state index in [0.717, 1.165) is 0 Å². The number of anilines is 1. The molecule has 4 nitrogen and oxygen atoms in total. The summed E-state index contributed by atoms with van der Waals surface area (Å²) in [5.41, 5.74) is 0.991. The molecule has 0 radical (unpaired) electrons. The molecule has 1 aromatic carbocycles. The van der Waals surface area contributed by atoms with Gasteiger partial charge >= 0.3 is 0 Å². The first kappa shape index (κ1) is 14.7. The maximum Gasteiger partial charge on any atom is 0.235 e. The zero-order chi connectivity index (χ0) is 14.0. The van der Waals surface area contributed by atoms with Gasteiger partial charge in [-0.05, 0) is 66.5 Å². The fourth-order valence-electron chi connectivity index (χ4n) is 2.10. The van der Waals surface area contributed by atoms with Crippen molar-refractivity contribution in [1.29, 1.82) is 0 Å². The van der Waals surface area contributed by atoms with Crippen LogP contribution in [0.2, 0.25) is 0 Å². The number of piperidine rings is 1. The molecule has 1 aromatic rings. The predicted octanol–water partition coefficient (Wildman–Crippen LogP) is 2.39. The number of halogens is 2. The SMILES string of the molecule is Cc1cc(F)c(Br)cc1NS(=O)(=O)C1CCNCC1. The summed E-state index contributed by atoms with van der Waals surface area (Å²) >= 11 is 3.06. The number of aryl methyl sites for hydroxylation is 1. The van der Waals surface area contributed by atoms with E-state index in [2.05, 4.69) is 26.0 Å². The van der Waals surface area contributed by atoms with Gasteiger partial charge in [0, 0.05) is 0 Å². The first-order valence-electron chi connectivity index (χ1n) is 6.08. The number of sulfonamides is 1. The van der Waals surface area contributed by atoms with Crippen molar-refractivity contribution in [3.63, 3.8) is 0 Å². The van der Waals surface area contributed by atoms with Crippen LogP contribution in [-0.4, -0.2) is 26.8 Å². The Morgan fingerprint density at radius 1 is 1.37 bits per heavy atom. The quantitative estimate of drug-likeness (QED) is 0.879. The van der Waals surface area contributed by atoms with Crippen molar-refractivity contribution >= 4 is 31.6 Å². The predicted molar refractivity (Wildman–Crippen MR) is 77.3 cm³/mol. The van der Waals surface area contributed by atoms with Crippen LogP contribution in [0.25, 0.3) is 0 Å². The van der Waals surface area contributed by atoms with Gasteiger partial charge in [-0.3, -0.25) is 4.72 Å². The maximum atomic E-state index is 13.3. The van der Waals surface area contributed by atoms with Gasteiger partial charge in [0.05, 0.1) is 15.4 Å².